The van der Waals surface area contributed by atoms with Gasteiger partial charge in [-0.25, -0.2) is 9.97 Å². The molecule has 4 aromatic rings. The van der Waals surface area contributed by atoms with Crippen LogP contribution in [0.15, 0.2) is 30.3 Å². The summed E-state index contributed by atoms with van der Waals surface area (Å²) in [7, 11) is 0. The summed E-state index contributed by atoms with van der Waals surface area (Å²) in [5.74, 6) is 0. The number of hydrogen-bond donors (Lipinski definition) is 0. The lowest BCUT2D eigenvalue weighted by Gasteiger charge is -2.34. The smallest absolute Gasteiger partial charge is 0.186 e. The van der Waals surface area contributed by atoms with Gasteiger partial charge in [0.25, 0.3) is 0 Å². The van der Waals surface area contributed by atoms with Crippen molar-refractivity contribution in [2.75, 3.05) is 36.0 Å². The normalized spacial score (nSPS) is 15.2. The number of nitrogens with zero attached hydrogens (tertiary/aromatic N) is 4. The van der Waals surface area contributed by atoms with Gasteiger partial charge in [-0.3, -0.25) is 0 Å². The number of piperazine rings is 1. The third kappa shape index (κ3) is 2.97. The molecule has 2 aromatic heterocycles. The van der Waals surface area contributed by atoms with Gasteiger partial charge in [0.05, 0.1) is 20.4 Å². The molecule has 0 bridgehead atoms. The van der Waals surface area contributed by atoms with Crippen LogP contribution in [-0.2, 0) is 0 Å². The number of thiazole rings is 2. The summed E-state index contributed by atoms with van der Waals surface area (Å²) in [6, 6.07) is 10.9. The monoisotopic (exact) mass is 394 g/mol. The first-order valence-corrected chi connectivity index (χ1v) is 11.0. The predicted molar refractivity (Wildman–Crippen MR) is 118 cm³/mol. The molecule has 1 aliphatic heterocycles. The molecule has 0 amide bonds. The maximum atomic E-state index is 4.95. The van der Waals surface area contributed by atoms with E-state index in [1.165, 1.54) is 31.6 Å². The number of aromatic nitrogens is 2. The Morgan fingerprint density at radius 1 is 0.778 bits per heavy atom. The minimum Gasteiger partial charge on any atom is -0.345 e. The fraction of sp³-hybridized carbons (Fsp3) is 0.333. The second kappa shape index (κ2) is 6.46. The average molecular weight is 395 g/mol. The van der Waals surface area contributed by atoms with Crippen LogP contribution < -0.4 is 9.80 Å². The first kappa shape index (κ1) is 17.0. The van der Waals surface area contributed by atoms with Crippen LogP contribution in [0, 0.1) is 20.8 Å². The lowest BCUT2D eigenvalue weighted by molar-refractivity contribution is 0.651. The van der Waals surface area contributed by atoms with Gasteiger partial charge in [-0.15, -0.1) is 0 Å². The van der Waals surface area contributed by atoms with Crippen LogP contribution >= 0.6 is 22.7 Å². The first-order chi connectivity index (χ1) is 13.1. The molecule has 0 radical (unpaired) electrons. The fourth-order valence-corrected chi connectivity index (χ4v) is 5.79. The quantitative estimate of drug-likeness (QED) is 0.470. The third-order valence-electron chi connectivity index (χ3n) is 5.43. The van der Waals surface area contributed by atoms with E-state index in [-0.39, 0.29) is 0 Å². The number of aryl methyl sites for hydroxylation is 3. The number of hydrogen-bond acceptors (Lipinski definition) is 6. The summed E-state index contributed by atoms with van der Waals surface area (Å²) >= 11 is 3.62. The molecule has 0 unspecified atom stereocenters. The van der Waals surface area contributed by atoms with E-state index < -0.39 is 0 Å². The average Bonchev–Trinajstić information content (AvgIpc) is 3.29. The lowest BCUT2D eigenvalue weighted by Crippen LogP contribution is -2.46. The molecule has 4 nitrogen and oxygen atoms in total. The SMILES string of the molecule is Cc1ccc2nc(N3CCN(c4nc5c(C)c(C)ccc5s4)CC3)sc2c1. The van der Waals surface area contributed by atoms with Crippen molar-refractivity contribution in [1.29, 1.82) is 0 Å². The molecule has 6 heteroatoms. The second-order valence-corrected chi connectivity index (χ2v) is 9.31. The van der Waals surface area contributed by atoms with Gasteiger partial charge in [-0.05, 0) is 55.7 Å². The summed E-state index contributed by atoms with van der Waals surface area (Å²) in [6.07, 6.45) is 0. The zero-order valence-electron chi connectivity index (χ0n) is 15.8. The highest BCUT2D eigenvalue weighted by Crippen LogP contribution is 2.34. The fourth-order valence-electron chi connectivity index (χ4n) is 3.59. The minimum atomic E-state index is 0.993. The predicted octanol–water partition coefficient (Wildman–Crippen LogP) is 5.16. The highest BCUT2D eigenvalue weighted by molar-refractivity contribution is 7.22. The van der Waals surface area contributed by atoms with Crippen molar-refractivity contribution >= 4 is 53.4 Å². The van der Waals surface area contributed by atoms with Gasteiger partial charge in [0.1, 0.15) is 0 Å². The topological polar surface area (TPSA) is 32.3 Å². The summed E-state index contributed by atoms with van der Waals surface area (Å²) < 4.78 is 2.57. The Bertz CT molecular complexity index is 1140. The maximum Gasteiger partial charge on any atom is 0.186 e. The highest BCUT2D eigenvalue weighted by atomic mass is 32.1. The number of fused-ring (bicyclic) bond motifs is 2. The van der Waals surface area contributed by atoms with E-state index in [0.717, 1.165) is 42.0 Å². The van der Waals surface area contributed by atoms with Crippen LogP contribution in [0.1, 0.15) is 16.7 Å². The Hall–Kier alpha value is -2.18. The molecule has 3 heterocycles. The minimum absolute atomic E-state index is 0.993. The van der Waals surface area contributed by atoms with Crippen molar-refractivity contribution in [3.8, 4) is 0 Å². The Balaban J connectivity index is 1.35. The van der Waals surface area contributed by atoms with Crippen LogP contribution in [0.4, 0.5) is 10.3 Å². The molecule has 0 spiro atoms. The Labute approximate surface area is 167 Å². The molecule has 138 valence electrons. The number of anilines is 2. The molecule has 0 N–H and O–H groups in total. The summed E-state index contributed by atoms with van der Waals surface area (Å²) in [5, 5.41) is 2.30. The molecule has 0 saturated carbocycles. The lowest BCUT2D eigenvalue weighted by atomic mass is 10.1. The maximum absolute atomic E-state index is 4.95. The van der Waals surface area contributed by atoms with Crippen molar-refractivity contribution in [2.24, 2.45) is 0 Å². The van der Waals surface area contributed by atoms with Gasteiger partial charge in [0.15, 0.2) is 10.3 Å². The highest BCUT2D eigenvalue weighted by Gasteiger charge is 2.22. The Morgan fingerprint density at radius 2 is 1.44 bits per heavy atom. The zero-order chi connectivity index (χ0) is 18.5. The van der Waals surface area contributed by atoms with Crippen molar-refractivity contribution in [3.63, 3.8) is 0 Å². The molecule has 2 aromatic carbocycles. The molecule has 1 aliphatic rings. The molecule has 1 saturated heterocycles. The van der Waals surface area contributed by atoms with Crippen molar-refractivity contribution in [1.82, 2.24) is 9.97 Å². The summed E-state index contributed by atoms with van der Waals surface area (Å²) in [5.41, 5.74) is 6.19. The van der Waals surface area contributed by atoms with E-state index in [0.29, 0.717) is 0 Å². The van der Waals surface area contributed by atoms with Gasteiger partial charge >= 0.3 is 0 Å². The second-order valence-electron chi connectivity index (χ2n) is 7.29. The summed E-state index contributed by atoms with van der Waals surface area (Å²) in [4.78, 5) is 14.6. The Kier molecular flexibility index (Phi) is 4.06. The van der Waals surface area contributed by atoms with E-state index >= 15 is 0 Å². The molecule has 0 aliphatic carbocycles. The third-order valence-corrected chi connectivity index (χ3v) is 7.59. The van der Waals surface area contributed by atoms with Gasteiger partial charge in [-0.2, -0.15) is 0 Å². The van der Waals surface area contributed by atoms with Crippen molar-refractivity contribution in [2.45, 2.75) is 20.8 Å². The van der Waals surface area contributed by atoms with Crippen LogP contribution in [0.25, 0.3) is 20.4 Å². The van der Waals surface area contributed by atoms with Gasteiger partial charge in [-0.1, -0.05) is 34.8 Å². The van der Waals surface area contributed by atoms with Crippen LogP contribution in [0.5, 0.6) is 0 Å². The molecular formula is C21H22N4S2. The molecule has 5 rings (SSSR count). The van der Waals surface area contributed by atoms with E-state index in [9.17, 15) is 0 Å². The number of rotatable bonds is 2. The van der Waals surface area contributed by atoms with Crippen LogP contribution in [0.2, 0.25) is 0 Å². The van der Waals surface area contributed by atoms with E-state index in [4.69, 9.17) is 9.97 Å². The van der Waals surface area contributed by atoms with Crippen molar-refractivity contribution < 1.29 is 0 Å². The van der Waals surface area contributed by atoms with Gasteiger partial charge in [0.2, 0.25) is 0 Å². The van der Waals surface area contributed by atoms with Crippen molar-refractivity contribution in [3.05, 3.63) is 47.0 Å². The zero-order valence-corrected chi connectivity index (χ0v) is 17.5. The van der Waals surface area contributed by atoms with Gasteiger partial charge < -0.3 is 9.80 Å². The molecule has 27 heavy (non-hydrogen) atoms. The van der Waals surface area contributed by atoms with E-state index in [2.05, 4.69) is 60.9 Å². The molecule has 1 fully saturated rings. The largest absolute Gasteiger partial charge is 0.345 e. The first-order valence-electron chi connectivity index (χ1n) is 9.32. The van der Waals surface area contributed by atoms with E-state index in [1.807, 2.05) is 11.3 Å². The van der Waals surface area contributed by atoms with Crippen LogP contribution in [-0.4, -0.2) is 36.1 Å². The molecule has 0 atom stereocenters. The van der Waals surface area contributed by atoms with Gasteiger partial charge in [0, 0.05) is 26.2 Å². The number of benzene rings is 2. The van der Waals surface area contributed by atoms with E-state index in [1.54, 1.807) is 11.3 Å². The Morgan fingerprint density at radius 3 is 2.19 bits per heavy atom. The van der Waals surface area contributed by atoms with Crippen LogP contribution in [0.3, 0.4) is 0 Å². The standard InChI is InChI=1S/C21H22N4S2/c1-13-4-6-16-18(12-13)27-20(22-16)24-8-10-25(11-9-24)21-23-19-15(3)14(2)5-7-17(19)26-21/h4-7,12H,8-11H2,1-3H3. The summed E-state index contributed by atoms with van der Waals surface area (Å²) in [6.45, 7) is 10.4. The molecular weight excluding hydrogens is 372 g/mol.